The quantitative estimate of drug-likeness (QED) is 0.00763. The van der Waals surface area contributed by atoms with Gasteiger partial charge in [0.05, 0.1) is 61.0 Å². The van der Waals surface area contributed by atoms with E-state index >= 15 is 0 Å². The van der Waals surface area contributed by atoms with Crippen LogP contribution in [0.4, 0.5) is 0 Å². The zero-order chi connectivity index (χ0) is 68.2. The number of aliphatic carboxylic acids is 1. The Morgan fingerprint density at radius 3 is 1.67 bits per heavy atom. The maximum absolute atomic E-state index is 13.1. The second kappa shape index (κ2) is 48.1. The molecule has 15 atom stereocenters. The van der Waals surface area contributed by atoms with Crippen molar-refractivity contribution in [2.75, 3.05) is 6.54 Å². The van der Waals surface area contributed by atoms with Gasteiger partial charge in [-0.15, -0.1) is 0 Å². The topological polar surface area (TPSA) is 421 Å². The summed E-state index contributed by atoms with van der Waals surface area (Å²) in [5.41, 5.74) is 6.17. The van der Waals surface area contributed by atoms with Gasteiger partial charge in [-0.3, -0.25) is 29.4 Å². The molecule has 23 nitrogen and oxygen atoms in total. The number of pyridine rings is 1. The number of aliphatic hydroxyl groups is 11. The van der Waals surface area contributed by atoms with Crippen molar-refractivity contribution < 1.29 is 92.8 Å². The molecule has 1 rings (SSSR count). The largest absolute Gasteiger partial charge is 0.478 e. The number of carbonyl (C=O) groups is 3. The van der Waals surface area contributed by atoms with E-state index in [1.807, 2.05) is 31.2 Å². The molecule has 506 valence electrons. The third-order valence-corrected chi connectivity index (χ3v) is 14.2. The standard InChI is InChI=1S/C67H98N4O19S/c1-47(28-18-14-10-9-11-15-19-29-48(2)66(85)86)63(82)49(3)60(80)38-20-16-12-7-5-6-8-13-17-21-39-62(90-91(87,88)89)50(4)64(83)61(81)46-57(78)35-26-34-55(76)45-58(79)44-54(75)33-25-32-52(73)42-51(72)30-24-31-53(74)43-56(77)36-27-41-70-67(68)71-65(84)59-37-22-23-40-69-59/h5-9,11-13,15-26,28-30,33,35,37-40,47,49-58,60-63,72-82H,10,14,27,31-32,34,36,41-46H2,1-4H3,(H,85,86)(H,87,88,89)(H3,68,70,71,84)/b7-5+,8-6+,11-9+,16-12+,17-13+,19-15+,28-18+,30-24+,33-25+,35-26+,38-20+,39-21-,48-29+. The summed E-state index contributed by atoms with van der Waals surface area (Å²) in [7, 11) is -5.05. The van der Waals surface area contributed by atoms with Crippen molar-refractivity contribution in [3.63, 3.8) is 0 Å². The Balaban J connectivity index is 2.47. The average Bonchev–Trinajstić information content (AvgIpc) is 2.53. The molecule has 1 aromatic heterocycles. The van der Waals surface area contributed by atoms with Crippen LogP contribution in [0, 0.1) is 17.8 Å². The number of unbranched alkanes of at least 4 members (excludes halogenated alkanes) is 1. The third kappa shape index (κ3) is 42.1. The maximum Gasteiger partial charge on any atom is 0.397 e. The number of amides is 1. The van der Waals surface area contributed by atoms with E-state index in [0.717, 1.165) is 12.8 Å². The van der Waals surface area contributed by atoms with Gasteiger partial charge in [-0.1, -0.05) is 179 Å². The summed E-state index contributed by atoms with van der Waals surface area (Å²) >= 11 is 0. The van der Waals surface area contributed by atoms with Crippen molar-refractivity contribution in [1.29, 1.82) is 0 Å². The summed E-state index contributed by atoms with van der Waals surface area (Å²) in [5, 5.41) is 126. The first-order chi connectivity index (χ1) is 43.1. The van der Waals surface area contributed by atoms with Crippen LogP contribution in [-0.4, -0.2) is 183 Å². The molecule has 0 radical (unpaired) electrons. The van der Waals surface area contributed by atoms with Crippen LogP contribution in [0.25, 0.3) is 0 Å². The number of aromatic nitrogens is 1. The molecule has 0 aliphatic carbocycles. The van der Waals surface area contributed by atoms with Crippen LogP contribution >= 0.6 is 0 Å². The first-order valence-corrected chi connectivity index (χ1v) is 31.6. The van der Waals surface area contributed by atoms with Gasteiger partial charge in [-0.2, -0.15) is 8.42 Å². The van der Waals surface area contributed by atoms with Gasteiger partial charge in [0, 0.05) is 55.3 Å². The molecule has 0 aliphatic rings. The number of carbonyl (C=O) groups excluding carboxylic acids is 2. The summed E-state index contributed by atoms with van der Waals surface area (Å²) in [4.78, 5) is 44.0. The van der Waals surface area contributed by atoms with E-state index in [4.69, 9.17) is 15.0 Å². The Kier molecular flexibility index (Phi) is 43.5. The maximum atomic E-state index is 13.1. The van der Waals surface area contributed by atoms with Crippen molar-refractivity contribution in [2.45, 2.75) is 178 Å². The molecule has 0 aromatic carbocycles. The Bertz CT molecular complexity index is 2810. The number of hydrogen-bond acceptors (Lipinski definition) is 19. The fourth-order valence-corrected chi connectivity index (χ4v) is 8.94. The fourth-order valence-electron chi connectivity index (χ4n) is 8.43. The molecule has 24 heteroatoms. The number of allylic oxidation sites excluding steroid dienone is 16. The van der Waals surface area contributed by atoms with E-state index in [9.17, 15) is 83.5 Å². The molecule has 0 aliphatic heterocycles. The summed E-state index contributed by atoms with van der Waals surface area (Å²) in [6.07, 6.45) is 29.5. The molecule has 1 heterocycles. The van der Waals surface area contributed by atoms with E-state index in [2.05, 4.69) is 15.3 Å². The number of guanidine groups is 1. The molecule has 15 unspecified atom stereocenters. The van der Waals surface area contributed by atoms with Gasteiger partial charge in [0.25, 0.3) is 5.91 Å². The van der Waals surface area contributed by atoms with Crippen molar-refractivity contribution in [2.24, 2.45) is 28.5 Å². The Hall–Kier alpha value is -6.72. The number of ketones is 1. The minimum absolute atomic E-state index is 0.0531. The normalized spacial score (nSPS) is 18.6. The predicted molar refractivity (Wildman–Crippen MR) is 350 cm³/mol. The first-order valence-electron chi connectivity index (χ1n) is 30.2. The minimum Gasteiger partial charge on any atom is -0.478 e. The van der Waals surface area contributed by atoms with Crippen molar-refractivity contribution in [3.05, 3.63) is 188 Å². The number of hydrogen-bond donors (Lipinski definition) is 15. The van der Waals surface area contributed by atoms with E-state index in [-0.39, 0.29) is 74.6 Å². The van der Waals surface area contributed by atoms with Gasteiger partial charge in [-0.25, -0.2) is 8.98 Å². The average molecular weight is 1300 g/mol. The molecule has 0 saturated carbocycles. The second-order valence-corrected chi connectivity index (χ2v) is 22.9. The molecule has 1 amide bonds. The number of aliphatic imine (C=N–C) groups is 1. The van der Waals surface area contributed by atoms with E-state index < -0.39 is 120 Å². The van der Waals surface area contributed by atoms with E-state index in [0.29, 0.717) is 12.8 Å². The Labute approximate surface area is 535 Å². The molecule has 0 bridgehead atoms. The SMILES string of the molecule is C\C(=C/C=C/C=C/CC/C=C/C(C)C(O)C(C)C(O)/C=C/C=C/C=C/C=C/C=C/C=C\C(OS(=O)(=O)O)C(C)C(=O)C(O)CC(O)/C=C/CC(O)CC(O)CC(O)/C=C/CC(O)CC(O)/C=C/CC(O)CC(O)CCCN=C(N)NC(=O)c1ccccn1)C(=O)O. The molecule has 0 fully saturated rings. The summed E-state index contributed by atoms with van der Waals surface area (Å²) < 4.78 is 37.4. The first kappa shape index (κ1) is 82.3. The number of aliphatic hydroxyl groups excluding tert-OH is 11. The highest BCUT2D eigenvalue weighted by Gasteiger charge is 2.32. The van der Waals surface area contributed by atoms with Crippen molar-refractivity contribution >= 4 is 34.0 Å². The van der Waals surface area contributed by atoms with Crippen LogP contribution in [-0.2, 0) is 24.2 Å². The van der Waals surface area contributed by atoms with Crippen LogP contribution in [0.3, 0.4) is 0 Å². The second-order valence-electron chi connectivity index (χ2n) is 21.9. The van der Waals surface area contributed by atoms with Crippen LogP contribution < -0.4 is 11.1 Å². The van der Waals surface area contributed by atoms with Crippen molar-refractivity contribution in [1.82, 2.24) is 10.3 Å². The lowest BCUT2D eigenvalue weighted by Crippen LogP contribution is -2.37. The van der Waals surface area contributed by atoms with Gasteiger partial charge in [0.1, 0.15) is 17.9 Å². The number of nitrogens with zero attached hydrogens (tertiary/aromatic N) is 2. The molecule has 91 heavy (non-hydrogen) atoms. The van der Waals surface area contributed by atoms with E-state index in [1.165, 1.54) is 86.9 Å². The van der Waals surface area contributed by atoms with Gasteiger partial charge in [0.15, 0.2) is 11.7 Å². The van der Waals surface area contributed by atoms with Crippen LogP contribution in [0.5, 0.6) is 0 Å². The number of nitrogens with one attached hydrogen (secondary N) is 1. The highest BCUT2D eigenvalue weighted by atomic mass is 32.3. The lowest BCUT2D eigenvalue weighted by atomic mass is 9.88. The zero-order valence-corrected chi connectivity index (χ0v) is 53.1. The minimum atomic E-state index is -5.05. The van der Waals surface area contributed by atoms with Gasteiger partial charge >= 0.3 is 16.4 Å². The molecule has 1 aromatic rings. The van der Waals surface area contributed by atoms with Crippen LogP contribution in [0.1, 0.15) is 115 Å². The Morgan fingerprint density at radius 1 is 0.615 bits per heavy atom. The smallest absolute Gasteiger partial charge is 0.397 e. The Morgan fingerprint density at radius 2 is 1.12 bits per heavy atom. The van der Waals surface area contributed by atoms with Gasteiger partial charge < -0.3 is 67.0 Å². The lowest BCUT2D eigenvalue weighted by Gasteiger charge is -2.25. The number of nitrogens with two attached hydrogens (primary N) is 1. The number of carboxylic acid groups (broad SMARTS) is 1. The molecule has 0 spiro atoms. The molecule has 0 saturated heterocycles. The molecular formula is C67H98N4O19S. The van der Waals surface area contributed by atoms with Gasteiger partial charge in [0.2, 0.25) is 0 Å². The monoisotopic (exact) mass is 1290 g/mol. The van der Waals surface area contributed by atoms with Gasteiger partial charge in [-0.05, 0) is 76.8 Å². The van der Waals surface area contributed by atoms with Crippen LogP contribution in [0.2, 0.25) is 0 Å². The number of Topliss-reactive ketones (excluding diaryl/α,β-unsaturated/α-hetero) is 1. The summed E-state index contributed by atoms with van der Waals surface area (Å²) in [6, 6.07) is 4.86. The van der Waals surface area contributed by atoms with Crippen LogP contribution in [0.15, 0.2) is 187 Å². The number of rotatable bonds is 46. The zero-order valence-electron chi connectivity index (χ0n) is 52.2. The highest BCUT2D eigenvalue weighted by molar-refractivity contribution is 7.80. The molecule has 16 N–H and O–H groups in total. The van der Waals surface area contributed by atoms with E-state index in [1.54, 1.807) is 85.9 Å². The predicted octanol–water partition coefficient (Wildman–Crippen LogP) is 5.15. The third-order valence-electron chi connectivity index (χ3n) is 13.7. The summed E-state index contributed by atoms with van der Waals surface area (Å²) in [5.74, 6) is -4.42. The summed E-state index contributed by atoms with van der Waals surface area (Å²) in [6.45, 7) is 6.65. The fraction of sp³-hybridized carbons (Fsp3) is 0.478. The van der Waals surface area contributed by atoms with Crippen molar-refractivity contribution in [3.8, 4) is 0 Å². The highest BCUT2D eigenvalue weighted by Crippen LogP contribution is 2.21. The molecular weight excluding hydrogens is 1200 g/mol. The number of carboxylic acids is 1. The lowest BCUT2D eigenvalue weighted by molar-refractivity contribution is -0.134.